The molecule has 1 saturated heterocycles. The fourth-order valence-electron chi connectivity index (χ4n) is 2.75. The monoisotopic (exact) mass is 385 g/mol. The van der Waals surface area contributed by atoms with Gasteiger partial charge in [-0.15, -0.1) is 0 Å². The number of hydrogen-bond acceptors (Lipinski definition) is 5. The molecule has 2 aromatic rings. The molecule has 1 aliphatic rings. The average Bonchev–Trinajstić information content (AvgIpc) is 2.91. The molecule has 1 heterocycles. The van der Waals surface area contributed by atoms with Crippen LogP contribution >= 0.6 is 24.0 Å². The summed E-state index contributed by atoms with van der Waals surface area (Å²) < 4.78 is 11.2. The number of benzene rings is 2. The van der Waals surface area contributed by atoms with Crippen LogP contribution in [-0.4, -0.2) is 24.4 Å². The van der Waals surface area contributed by atoms with Gasteiger partial charge in [0.15, 0.2) is 4.32 Å². The van der Waals surface area contributed by atoms with Crippen molar-refractivity contribution in [2.45, 2.75) is 13.8 Å². The van der Waals surface area contributed by atoms with Crippen LogP contribution in [0.1, 0.15) is 16.7 Å². The van der Waals surface area contributed by atoms with Gasteiger partial charge >= 0.3 is 0 Å². The second-order valence-corrected chi connectivity index (χ2v) is 7.52. The van der Waals surface area contributed by atoms with Crippen LogP contribution in [0, 0.1) is 13.8 Å². The van der Waals surface area contributed by atoms with E-state index in [1.165, 1.54) is 11.8 Å². The van der Waals surface area contributed by atoms with E-state index < -0.39 is 0 Å². The molecule has 0 spiro atoms. The van der Waals surface area contributed by atoms with Crippen molar-refractivity contribution in [1.82, 2.24) is 0 Å². The fraction of sp³-hybridized carbons (Fsp3) is 0.200. The minimum Gasteiger partial charge on any atom is -0.497 e. The molecule has 0 bridgehead atoms. The Morgan fingerprint density at radius 3 is 2.58 bits per heavy atom. The van der Waals surface area contributed by atoms with E-state index in [0.717, 1.165) is 22.4 Å². The van der Waals surface area contributed by atoms with Gasteiger partial charge in [-0.2, -0.15) is 0 Å². The maximum atomic E-state index is 13.0. The summed E-state index contributed by atoms with van der Waals surface area (Å²) in [5.74, 6) is 1.24. The van der Waals surface area contributed by atoms with Crippen LogP contribution in [0.3, 0.4) is 0 Å². The SMILES string of the molecule is COc1ccc(OC)c(C=C2SC(=S)N(c3cccc(C)c3C)C2=O)c1. The van der Waals surface area contributed by atoms with E-state index in [1.807, 2.05) is 50.2 Å². The number of nitrogens with zero attached hydrogens (tertiary/aromatic N) is 1. The van der Waals surface area contributed by atoms with E-state index >= 15 is 0 Å². The van der Waals surface area contributed by atoms with Crippen molar-refractivity contribution in [2.75, 3.05) is 19.1 Å². The first-order valence-corrected chi connectivity index (χ1v) is 9.25. The van der Waals surface area contributed by atoms with Gasteiger partial charge in [0.25, 0.3) is 5.91 Å². The molecule has 4 nitrogen and oxygen atoms in total. The van der Waals surface area contributed by atoms with E-state index in [-0.39, 0.29) is 5.91 Å². The van der Waals surface area contributed by atoms with Gasteiger partial charge < -0.3 is 9.47 Å². The predicted octanol–water partition coefficient (Wildman–Crippen LogP) is 4.73. The molecule has 26 heavy (non-hydrogen) atoms. The van der Waals surface area contributed by atoms with E-state index in [1.54, 1.807) is 25.2 Å². The first-order chi connectivity index (χ1) is 12.5. The highest BCUT2D eigenvalue weighted by atomic mass is 32.2. The maximum Gasteiger partial charge on any atom is 0.270 e. The van der Waals surface area contributed by atoms with Crippen LogP contribution in [0.25, 0.3) is 6.08 Å². The Hall–Kier alpha value is -2.31. The van der Waals surface area contributed by atoms with E-state index in [9.17, 15) is 4.79 Å². The Kier molecular flexibility index (Phi) is 5.34. The van der Waals surface area contributed by atoms with Crippen molar-refractivity contribution in [3.05, 3.63) is 58.0 Å². The molecular weight excluding hydrogens is 366 g/mol. The summed E-state index contributed by atoms with van der Waals surface area (Å²) >= 11 is 6.77. The molecular formula is C20H19NO3S2. The summed E-state index contributed by atoms with van der Waals surface area (Å²) in [6.45, 7) is 4.02. The van der Waals surface area contributed by atoms with Crippen LogP contribution in [0.5, 0.6) is 11.5 Å². The quantitative estimate of drug-likeness (QED) is 0.562. The van der Waals surface area contributed by atoms with Crippen molar-refractivity contribution in [2.24, 2.45) is 0 Å². The van der Waals surface area contributed by atoms with Crippen LogP contribution < -0.4 is 14.4 Å². The van der Waals surface area contributed by atoms with E-state index in [4.69, 9.17) is 21.7 Å². The van der Waals surface area contributed by atoms with E-state index in [2.05, 4.69) is 0 Å². The number of thiocarbonyl (C=S) groups is 1. The Balaban J connectivity index is 2.02. The summed E-state index contributed by atoms with van der Waals surface area (Å²) in [4.78, 5) is 15.2. The van der Waals surface area contributed by atoms with Crippen LogP contribution in [-0.2, 0) is 4.79 Å². The number of rotatable bonds is 4. The molecule has 6 heteroatoms. The molecule has 0 saturated carbocycles. The standard InChI is InChI=1S/C20H19NO3S2/c1-12-6-5-7-16(13(12)2)21-19(22)18(26-20(21)25)11-14-10-15(23-3)8-9-17(14)24-4/h5-11H,1-4H3. The van der Waals surface area contributed by atoms with Crippen molar-refractivity contribution in [3.63, 3.8) is 0 Å². The van der Waals surface area contributed by atoms with Gasteiger partial charge in [-0.3, -0.25) is 9.69 Å². The highest BCUT2D eigenvalue weighted by Crippen LogP contribution is 2.39. The first kappa shape index (κ1) is 18.5. The summed E-state index contributed by atoms with van der Waals surface area (Å²) in [6.07, 6.45) is 1.80. The van der Waals surface area contributed by atoms with Gasteiger partial charge in [-0.05, 0) is 55.3 Å². The van der Waals surface area contributed by atoms with Gasteiger partial charge in [0.05, 0.1) is 24.8 Å². The zero-order valence-corrected chi connectivity index (χ0v) is 16.7. The Labute approximate surface area is 162 Å². The number of ether oxygens (including phenoxy) is 2. The normalized spacial score (nSPS) is 15.7. The molecule has 2 aromatic carbocycles. The minimum absolute atomic E-state index is 0.126. The molecule has 0 N–H and O–H groups in total. The van der Waals surface area contributed by atoms with Gasteiger partial charge in [-0.1, -0.05) is 36.1 Å². The Morgan fingerprint density at radius 2 is 1.88 bits per heavy atom. The van der Waals surface area contributed by atoms with Crippen molar-refractivity contribution in [3.8, 4) is 11.5 Å². The molecule has 3 rings (SSSR count). The highest BCUT2D eigenvalue weighted by molar-refractivity contribution is 8.27. The average molecular weight is 386 g/mol. The smallest absolute Gasteiger partial charge is 0.270 e. The number of anilines is 1. The molecule has 0 aliphatic carbocycles. The third kappa shape index (κ3) is 3.34. The second kappa shape index (κ2) is 7.51. The van der Waals surface area contributed by atoms with Crippen LogP contribution in [0.2, 0.25) is 0 Å². The predicted molar refractivity (Wildman–Crippen MR) is 111 cm³/mol. The van der Waals surface area contributed by atoms with E-state index in [0.29, 0.717) is 20.7 Å². The summed E-state index contributed by atoms with van der Waals surface area (Å²) in [6, 6.07) is 11.3. The number of carbonyl (C=O) groups is 1. The van der Waals surface area contributed by atoms with Gasteiger partial charge in [0, 0.05) is 5.56 Å². The fourth-order valence-corrected chi connectivity index (χ4v) is 4.02. The summed E-state index contributed by atoms with van der Waals surface area (Å²) in [7, 11) is 3.20. The largest absolute Gasteiger partial charge is 0.497 e. The second-order valence-electron chi connectivity index (χ2n) is 5.84. The van der Waals surface area contributed by atoms with Crippen LogP contribution in [0.4, 0.5) is 5.69 Å². The summed E-state index contributed by atoms with van der Waals surface area (Å²) in [5.41, 5.74) is 3.76. The zero-order valence-electron chi connectivity index (χ0n) is 15.0. The first-order valence-electron chi connectivity index (χ1n) is 8.02. The lowest BCUT2D eigenvalue weighted by Gasteiger charge is -2.18. The number of amides is 1. The topological polar surface area (TPSA) is 38.8 Å². The van der Waals surface area contributed by atoms with Gasteiger partial charge in [0.1, 0.15) is 11.5 Å². The Morgan fingerprint density at radius 1 is 1.12 bits per heavy atom. The van der Waals surface area contributed by atoms with Gasteiger partial charge in [0.2, 0.25) is 0 Å². The van der Waals surface area contributed by atoms with Crippen molar-refractivity contribution < 1.29 is 14.3 Å². The third-order valence-corrected chi connectivity index (χ3v) is 5.64. The summed E-state index contributed by atoms with van der Waals surface area (Å²) in [5, 5.41) is 0. The van der Waals surface area contributed by atoms with Gasteiger partial charge in [-0.25, -0.2) is 0 Å². The minimum atomic E-state index is -0.126. The van der Waals surface area contributed by atoms with Crippen LogP contribution in [0.15, 0.2) is 41.3 Å². The number of aryl methyl sites for hydroxylation is 1. The molecule has 0 unspecified atom stereocenters. The lowest BCUT2D eigenvalue weighted by Crippen LogP contribution is -2.28. The lowest BCUT2D eigenvalue weighted by atomic mass is 10.1. The molecule has 1 amide bonds. The molecule has 0 radical (unpaired) electrons. The molecule has 134 valence electrons. The molecule has 0 atom stereocenters. The van der Waals surface area contributed by atoms with Crippen molar-refractivity contribution >= 4 is 46.0 Å². The molecule has 0 aromatic heterocycles. The number of hydrogen-bond donors (Lipinski definition) is 0. The number of thioether (sulfide) groups is 1. The third-order valence-electron chi connectivity index (χ3n) is 4.33. The zero-order chi connectivity index (χ0) is 18.8. The maximum absolute atomic E-state index is 13.0. The molecule has 1 aliphatic heterocycles. The Bertz CT molecular complexity index is 921. The van der Waals surface area contributed by atoms with Crippen molar-refractivity contribution in [1.29, 1.82) is 0 Å². The molecule has 1 fully saturated rings. The highest BCUT2D eigenvalue weighted by Gasteiger charge is 2.34. The lowest BCUT2D eigenvalue weighted by molar-refractivity contribution is -0.113. The number of carbonyl (C=O) groups excluding carboxylic acids is 1. The number of methoxy groups -OCH3 is 2.